The fraction of sp³-hybridized carbons (Fsp3) is 0.333. The van der Waals surface area contributed by atoms with E-state index in [9.17, 15) is 51.8 Å². The second-order valence-electron chi connectivity index (χ2n) is 3.82. The van der Waals surface area contributed by atoms with Gasteiger partial charge < -0.3 is 58.0 Å². The van der Waals surface area contributed by atoms with E-state index in [4.69, 9.17) is 4.74 Å². The summed E-state index contributed by atoms with van der Waals surface area (Å²) in [6.07, 6.45) is 0.970. The van der Waals surface area contributed by atoms with Crippen LogP contribution in [0.1, 0.15) is 6.99 Å². The maximum absolute atomic E-state index is 9.75. The Balaban J connectivity index is -0.0000000896. The van der Waals surface area contributed by atoms with Crippen molar-refractivity contribution >= 4 is 37.7 Å². The van der Waals surface area contributed by atoms with Crippen molar-refractivity contribution in [3.63, 3.8) is 0 Å². The summed E-state index contributed by atoms with van der Waals surface area (Å²) in [7, 11) is -16.3. The number of hydrogen-bond donors (Lipinski definition) is 0. The molecule has 27 heavy (non-hydrogen) atoms. The Morgan fingerprint density at radius 1 is 0.778 bits per heavy atom. The predicted octanol–water partition coefficient (Wildman–Crippen LogP) is 3.65. The Kier molecular flexibility index (Phi) is 21.6. The molecule has 0 amide bonds. The number of rotatable bonds is 3. The van der Waals surface area contributed by atoms with Gasteiger partial charge in [0.05, 0.1) is 6.61 Å². The minimum absolute atomic E-state index is 0. The first-order valence-corrected chi connectivity index (χ1v) is 6.98. The standard InChI is InChI=1S/C9H11BrO.3BF4.Na.H/c1-11-7-6-8-4-2-3-5-9(8)10;3*2-1(3,4)5;;/h2-5H,6-7H2,1H3;;;;;/q;3*-1;+1;-1. The summed E-state index contributed by atoms with van der Waals surface area (Å²) in [5.41, 5.74) is 1.30. The zero-order valence-electron chi connectivity index (χ0n) is 14.8. The maximum Gasteiger partial charge on any atom is 1.00 e. The van der Waals surface area contributed by atoms with E-state index in [0.29, 0.717) is 0 Å². The fourth-order valence-corrected chi connectivity index (χ4v) is 1.40. The van der Waals surface area contributed by atoms with Crippen LogP contribution >= 0.6 is 15.9 Å². The van der Waals surface area contributed by atoms with Crippen molar-refractivity contribution in [1.29, 1.82) is 0 Å². The van der Waals surface area contributed by atoms with E-state index in [1.807, 2.05) is 18.2 Å². The molecule has 158 valence electrons. The van der Waals surface area contributed by atoms with Gasteiger partial charge in [-0.2, -0.15) is 0 Å². The Bertz CT molecular complexity index is 430. The van der Waals surface area contributed by atoms with Gasteiger partial charge in [0, 0.05) is 11.6 Å². The molecule has 1 nitrogen and oxygen atoms in total. The van der Waals surface area contributed by atoms with Crippen molar-refractivity contribution in [3.8, 4) is 0 Å². The Morgan fingerprint density at radius 3 is 1.33 bits per heavy atom. The summed E-state index contributed by atoms with van der Waals surface area (Å²) in [5.74, 6) is 0. The summed E-state index contributed by atoms with van der Waals surface area (Å²) < 4.78 is 123. The van der Waals surface area contributed by atoms with E-state index in [2.05, 4.69) is 22.0 Å². The van der Waals surface area contributed by atoms with Gasteiger partial charge in [0.1, 0.15) is 0 Å². The Labute approximate surface area is 179 Å². The van der Waals surface area contributed by atoms with Crippen LogP contribution in [-0.2, 0) is 11.2 Å². The molecule has 0 atom stereocenters. The molecule has 0 heterocycles. The van der Waals surface area contributed by atoms with E-state index < -0.39 is 21.8 Å². The van der Waals surface area contributed by atoms with Crippen LogP contribution in [0.15, 0.2) is 28.7 Å². The molecule has 0 aromatic heterocycles. The second-order valence-corrected chi connectivity index (χ2v) is 4.67. The van der Waals surface area contributed by atoms with E-state index in [1.165, 1.54) is 5.56 Å². The van der Waals surface area contributed by atoms with Crippen LogP contribution in [0.3, 0.4) is 0 Å². The molecule has 0 radical (unpaired) electrons. The number of benzene rings is 1. The first kappa shape index (κ1) is 34.5. The molecule has 0 aliphatic heterocycles. The Morgan fingerprint density at radius 2 is 1.07 bits per heavy atom. The molecule has 18 heteroatoms. The number of methoxy groups -OCH3 is 1. The van der Waals surface area contributed by atoms with Crippen LogP contribution in [0.4, 0.5) is 51.8 Å². The molecule has 0 aliphatic rings. The molecule has 0 saturated heterocycles. The summed E-state index contributed by atoms with van der Waals surface area (Å²) in [4.78, 5) is 0. The third-order valence-corrected chi connectivity index (χ3v) is 2.31. The molecule has 1 aromatic rings. The van der Waals surface area contributed by atoms with Crippen LogP contribution < -0.4 is 29.6 Å². The Hall–Kier alpha value is 0.0148. The largest absolute Gasteiger partial charge is 1.00 e. The monoisotopic (exact) mass is 499 g/mol. The van der Waals surface area contributed by atoms with Gasteiger partial charge in [-0.25, -0.2) is 0 Å². The summed E-state index contributed by atoms with van der Waals surface area (Å²) in [6, 6.07) is 8.20. The van der Waals surface area contributed by atoms with Crippen molar-refractivity contribution in [1.82, 2.24) is 0 Å². The van der Waals surface area contributed by atoms with Crippen LogP contribution in [-0.4, -0.2) is 35.5 Å². The van der Waals surface area contributed by atoms with Gasteiger partial charge in [0.2, 0.25) is 0 Å². The average molecular weight is 499 g/mol. The normalized spacial score (nSPS) is 10.7. The van der Waals surface area contributed by atoms with E-state index in [0.717, 1.165) is 17.5 Å². The van der Waals surface area contributed by atoms with Crippen molar-refractivity contribution in [2.45, 2.75) is 6.42 Å². The van der Waals surface area contributed by atoms with Gasteiger partial charge >= 0.3 is 51.3 Å². The molecule has 1 aromatic carbocycles. The fourth-order valence-electron chi connectivity index (χ4n) is 0.913. The molecular weight excluding hydrogens is 487 g/mol. The number of hydrogen-bond acceptors (Lipinski definition) is 1. The molecule has 1 rings (SSSR count). The molecule has 0 unspecified atom stereocenters. The van der Waals surface area contributed by atoms with Gasteiger partial charge in [-0.1, -0.05) is 34.1 Å². The summed E-state index contributed by atoms with van der Waals surface area (Å²) >= 11 is 3.47. The predicted molar refractivity (Wildman–Crippen MR) is 81.4 cm³/mol. The van der Waals surface area contributed by atoms with Crippen LogP contribution in [0.5, 0.6) is 0 Å². The topological polar surface area (TPSA) is 9.23 Å². The van der Waals surface area contributed by atoms with Gasteiger partial charge in [-0.15, -0.1) is 0 Å². The van der Waals surface area contributed by atoms with E-state index >= 15 is 0 Å². The first-order valence-electron chi connectivity index (χ1n) is 6.19. The van der Waals surface area contributed by atoms with Crippen LogP contribution in [0.2, 0.25) is 0 Å². The SMILES string of the molecule is COCCc1ccccc1Br.F[B-](F)(F)F.F[B-](F)(F)F.F[B-](F)(F)F.[H-].[Na+]. The molecule has 0 bridgehead atoms. The molecule has 0 N–H and O–H groups in total. The van der Waals surface area contributed by atoms with Crippen molar-refractivity contribution in [2.24, 2.45) is 0 Å². The maximum atomic E-state index is 9.75. The molecule has 0 aliphatic carbocycles. The van der Waals surface area contributed by atoms with Crippen LogP contribution in [0, 0.1) is 0 Å². The third kappa shape index (κ3) is 66.5. The number of ether oxygens (including phenoxy) is 1. The molecule has 0 saturated carbocycles. The van der Waals surface area contributed by atoms with E-state index in [-0.39, 0.29) is 31.0 Å². The zero-order chi connectivity index (χ0) is 21.6. The van der Waals surface area contributed by atoms with Crippen molar-refractivity contribution in [3.05, 3.63) is 34.3 Å². The minimum Gasteiger partial charge on any atom is -1.00 e. The first-order chi connectivity index (χ1) is 11.3. The van der Waals surface area contributed by atoms with Crippen molar-refractivity contribution < 1.29 is 87.5 Å². The van der Waals surface area contributed by atoms with Gasteiger partial charge in [-0.3, -0.25) is 0 Å². The smallest absolute Gasteiger partial charge is 1.00 e. The van der Waals surface area contributed by atoms with Gasteiger partial charge in [0.25, 0.3) is 0 Å². The number of halogens is 13. The molecule has 0 spiro atoms. The minimum atomic E-state index is -6.00. The summed E-state index contributed by atoms with van der Waals surface area (Å²) in [6.45, 7) is 0.780. The summed E-state index contributed by atoms with van der Waals surface area (Å²) in [5, 5.41) is 0. The quantitative estimate of drug-likeness (QED) is 0.456. The van der Waals surface area contributed by atoms with Gasteiger partial charge in [0.15, 0.2) is 0 Å². The third-order valence-electron chi connectivity index (χ3n) is 1.53. The molecule has 0 fully saturated rings. The van der Waals surface area contributed by atoms with Crippen LogP contribution in [0.25, 0.3) is 0 Å². The van der Waals surface area contributed by atoms with Crippen molar-refractivity contribution in [2.75, 3.05) is 13.7 Å². The zero-order valence-corrected chi connectivity index (χ0v) is 17.4. The second kappa shape index (κ2) is 16.9. The van der Waals surface area contributed by atoms with E-state index in [1.54, 1.807) is 7.11 Å². The molecular formula is C9H12B3BrF12NaO-3. The average Bonchev–Trinajstić information content (AvgIpc) is 2.32. The van der Waals surface area contributed by atoms with Gasteiger partial charge in [-0.05, 0) is 18.1 Å².